The molecule has 0 unspecified atom stereocenters. The van der Waals surface area contributed by atoms with Gasteiger partial charge >= 0.3 is 0 Å². The van der Waals surface area contributed by atoms with Crippen LogP contribution in [-0.4, -0.2) is 50.0 Å². The molecule has 1 saturated heterocycles. The van der Waals surface area contributed by atoms with Crippen molar-refractivity contribution < 1.29 is 9.53 Å². The first-order valence-corrected chi connectivity index (χ1v) is 6.98. The van der Waals surface area contributed by atoms with Crippen LogP contribution in [0.5, 0.6) is 5.75 Å². The summed E-state index contributed by atoms with van der Waals surface area (Å²) in [5.41, 5.74) is 0.766. The van der Waals surface area contributed by atoms with Crippen LogP contribution in [0.3, 0.4) is 0 Å². The number of carbonyl (C=O) groups excluding carboxylic acids is 1. The van der Waals surface area contributed by atoms with Crippen LogP contribution in [0, 0.1) is 0 Å². The Kier molecular flexibility index (Phi) is 5.36. The highest BCUT2D eigenvalue weighted by Gasteiger charge is 2.14. The number of benzene rings is 1. The summed E-state index contributed by atoms with van der Waals surface area (Å²) in [5, 5.41) is 3.29. The van der Waals surface area contributed by atoms with Crippen LogP contribution in [0.15, 0.2) is 24.3 Å². The molecule has 1 aromatic rings. The minimum Gasteiger partial charge on any atom is -0.494 e. The first-order chi connectivity index (χ1) is 9.29. The maximum atomic E-state index is 12.1. The first kappa shape index (κ1) is 14.0. The van der Waals surface area contributed by atoms with Crippen LogP contribution in [0.2, 0.25) is 0 Å². The van der Waals surface area contributed by atoms with Gasteiger partial charge in [-0.05, 0) is 30.7 Å². The summed E-state index contributed by atoms with van der Waals surface area (Å²) in [5.74, 6) is 1.02. The summed E-state index contributed by atoms with van der Waals surface area (Å²) in [4.78, 5) is 14.3. The highest BCUT2D eigenvalue weighted by atomic mass is 16.5. The van der Waals surface area contributed by atoms with Crippen LogP contribution in [0.1, 0.15) is 23.7 Å². The number of ketones is 1. The largest absolute Gasteiger partial charge is 0.494 e. The van der Waals surface area contributed by atoms with Gasteiger partial charge in [0.1, 0.15) is 5.75 Å². The Balaban J connectivity index is 1.87. The van der Waals surface area contributed by atoms with Crippen molar-refractivity contribution >= 4 is 5.78 Å². The number of rotatable bonds is 6. The van der Waals surface area contributed by atoms with E-state index < -0.39 is 0 Å². The van der Waals surface area contributed by atoms with E-state index in [9.17, 15) is 4.79 Å². The van der Waals surface area contributed by atoms with E-state index in [1.54, 1.807) is 0 Å². The zero-order chi connectivity index (χ0) is 13.5. The van der Waals surface area contributed by atoms with Crippen LogP contribution >= 0.6 is 0 Å². The van der Waals surface area contributed by atoms with Crippen LogP contribution in [0.4, 0.5) is 0 Å². The summed E-state index contributed by atoms with van der Waals surface area (Å²) >= 11 is 0. The van der Waals surface area contributed by atoms with Gasteiger partial charge in [-0.25, -0.2) is 0 Å². The van der Waals surface area contributed by atoms with E-state index in [0.717, 1.165) is 43.9 Å². The highest BCUT2D eigenvalue weighted by molar-refractivity contribution is 5.97. The van der Waals surface area contributed by atoms with Gasteiger partial charge in [-0.15, -0.1) is 0 Å². The van der Waals surface area contributed by atoms with Gasteiger partial charge < -0.3 is 10.1 Å². The molecule has 1 N–H and O–H groups in total. The predicted molar refractivity (Wildman–Crippen MR) is 75.9 cm³/mol. The lowest BCUT2D eigenvalue weighted by Crippen LogP contribution is -2.45. The van der Waals surface area contributed by atoms with Crippen molar-refractivity contribution in [3.05, 3.63) is 29.8 Å². The standard InChI is InChI=1S/C15H22N2O2/c1-2-11-19-14-5-3-13(4-6-14)15(18)12-17-9-7-16-8-10-17/h3-6,16H,2,7-12H2,1H3. The number of Topliss-reactive ketones (excluding diaryl/α,β-unsaturated/α-hetero) is 1. The topological polar surface area (TPSA) is 41.6 Å². The molecule has 0 amide bonds. The zero-order valence-electron chi connectivity index (χ0n) is 11.5. The van der Waals surface area contributed by atoms with Gasteiger partial charge in [0.15, 0.2) is 5.78 Å². The molecule has 1 heterocycles. The number of nitrogens with zero attached hydrogens (tertiary/aromatic N) is 1. The summed E-state index contributed by atoms with van der Waals surface area (Å²) in [7, 11) is 0. The number of hydrogen-bond acceptors (Lipinski definition) is 4. The summed E-state index contributed by atoms with van der Waals surface area (Å²) in [6.45, 7) is 7.14. The molecule has 0 spiro atoms. The fourth-order valence-corrected chi connectivity index (χ4v) is 2.12. The molecule has 0 bridgehead atoms. The molecule has 4 nitrogen and oxygen atoms in total. The van der Waals surface area contributed by atoms with Gasteiger partial charge in [0.2, 0.25) is 0 Å². The predicted octanol–water partition coefficient (Wildman–Crippen LogP) is 1.56. The van der Waals surface area contributed by atoms with Gasteiger partial charge in [-0.1, -0.05) is 6.92 Å². The Morgan fingerprint density at radius 3 is 2.58 bits per heavy atom. The molecule has 104 valence electrons. The monoisotopic (exact) mass is 262 g/mol. The molecule has 1 fully saturated rings. The second kappa shape index (κ2) is 7.26. The van der Waals surface area contributed by atoms with Crippen molar-refractivity contribution in [3.63, 3.8) is 0 Å². The summed E-state index contributed by atoms with van der Waals surface area (Å²) in [6, 6.07) is 7.46. The third kappa shape index (κ3) is 4.33. The van der Waals surface area contributed by atoms with Crippen molar-refractivity contribution in [1.82, 2.24) is 10.2 Å². The van der Waals surface area contributed by atoms with E-state index in [-0.39, 0.29) is 5.78 Å². The molecule has 0 atom stereocenters. The molecule has 2 rings (SSSR count). The van der Waals surface area contributed by atoms with E-state index in [1.807, 2.05) is 24.3 Å². The lowest BCUT2D eigenvalue weighted by molar-refractivity contribution is 0.0921. The molecule has 1 aromatic carbocycles. The number of carbonyl (C=O) groups is 1. The van der Waals surface area contributed by atoms with Crippen molar-refractivity contribution in [3.8, 4) is 5.75 Å². The smallest absolute Gasteiger partial charge is 0.176 e. The molecule has 19 heavy (non-hydrogen) atoms. The fourth-order valence-electron chi connectivity index (χ4n) is 2.12. The fraction of sp³-hybridized carbons (Fsp3) is 0.533. The van der Waals surface area contributed by atoms with E-state index in [0.29, 0.717) is 13.2 Å². The Labute approximate surface area is 114 Å². The molecule has 0 radical (unpaired) electrons. The SMILES string of the molecule is CCCOc1ccc(C(=O)CN2CCNCC2)cc1. The average Bonchev–Trinajstić information content (AvgIpc) is 2.46. The van der Waals surface area contributed by atoms with E-state index in [1.165, 1.54) is 0 Å². The zero-order valence-corrected chi connectivity index (χ0v) is 11.5. The maximum Gasteiger partial charge on any atom is 0.176 e. The van der Waals surface area contributed by atoms with Crippen LogP contribution in [-0.2, 0) is 0 Å². The molecule has 4 heteroatoms. The van der Waals surface area contributed by atoms with Gasteiger partial charge in [-0.2, -0.15) is 0 Å². The minimum atomic E-state index is 0.184. The molecular weight excluding hydrogens is 240 g/mol. The molecule has 1 aliphatic heterocycles. The molecular formula is C15H22N2O2. The number of piperazine rings is 1. The number of ether oxygens (including phenoxy) is 1. The highest BCUT2D eigenvalue weighted by Crippen LogP contribution is 2.13. The Bertz CT molecular complexity index is 397. The first-order valence-electron chi connectivity index (χ1n) is 6.98. The van der Waals surface area contributed by atoms with Crippen molar-refractivity contribution in [1.29, 1.82) is 0 Å². The van der Waals surface area contributed by atoms with Crippen LogP contribution < -0.4 is 10.1 Å². The van der Waals surface area contributed by atoms with Crippen LogP contribution in [0.25, 0.3) is 0 Å². The van der Waals surface area contributed by atoms with Crippen molar-refractivity contribution in [2.45, 2.75) is 13.3 Å². The second-order valence-electron chi connectivity index (χ2n) is 4.82. The number of nitrogens with one attached hydrogen (secondary N) is 1. The Hall–Kier alpha value is -1.39. The normalized spacial score (nSPS) is 16.3. The quantitative estimate of drug-likeness (QED) is 0.790. The summed E-state index contributed by atoms with van der Waals surface area (Å²) in [6.07, 6.45) is 0.990. The third-order valence-electron chi connectivity index (χ3n) is 3.23. The van der Waals surface area contributed by atoms with Gasteiger partial charge in [-0.3, -0.25) is 9.69 Å². The number of hydrogen-bond donors (Lipinski definition) is 1. The van der Waals surface area contributed by atoms with Crippen molar-refractivity contribution in [2.75, 3.05) is 39.3 Å². The third-order valence-corrected chi connectivity index (χ3v) is 3.23. The van der Waals surface area contributed by atoms with Crippen molar-refractivity contribution in [2.24, 2.45) is 0 Å². The Morgan fingerprint density at radius 1 is 1.26 bits per heavy atom. The summed E-state index contributed by atoms with van der Waals surface area (Å²) < 4.78 is 5.51. The molecule has 0 aromatic heterocycles. The maximum absolute atomic E-state index is 12.1. The second-order valence-corrected chi connectivity index (χ2v) is 4.82. The molecule has 0 aliphatic carbocycles. The Morgan fingerprint density at radius 2 is 1.95 bits per heavy atom. The average molecular weight is 262 g/mol. The minimum absolute atomic E-state index is 0.184. The lowest BCUT2D eigenvalue weighted by Gasteiger charge is -2.26. The van der Waals surface area contributed by atoms with E-state index in [4.69, 9.17) is 4.74 Å². The molecule has 0 saturated carbocycles. The van der Waals surface area contributed by atoms with Gasteiger partial charge in [0, 0.05) is 31.7 Å². The van der Waals surface area contributed by atoms with E-state index >= 15 is 0 Å². The molecule has 1 aliphatic rings. The lowest BCUT2D eigenvalue weighted by atomic mass is 10.1. The van der Waals surface area contributed by atoms with Gasteiger partial charge in [0.05, 0.1) is 13.2 Å². The van der Waals surface area contributed by atoms with E-state index in [2.05, 4.69) is 17.1 Å². The van der Waals surface area contributed by atoms with Gasteiger partial charge in [0.25, 0.3) is 0 Å².